The standard InChI is InChI=1S/C27H21N2O.C12H10N.Ir/c1-2-7-18(8-3-1)17-20-14-15-22-21-10-6-11-23(26(21)30-27(22)28-20)25-16-13-19-9-4-5-12-24(19)29-25;1-10-7-8-12(13-9-10)11-5-3-2-4-6-11;/h1-3,6-8,10,13-16H,4-5,9,12,17H2;2-5,7-9H,1H3;/q2*-1;/i9D2,12D2,17D2;1D3;. The van der Waals surface area contributed by atoms with Crippen LogP contribution in [0.1, 0.15) is 53.3 Å². The molecular weight excluding hydrogens is 719 g/mol. The zero-order chi connectivity index (χ0) is 36.9. The van der Waals surface area contributed by atoms with E-state index >= 15 is 0 Å². The van der Waals surface area contributed by atoms with Gasteiger partial charge >= 0.3 is 0 Å². The average Bonchev–Trinajstić information content (AvgIpc) is 3.52. The van der Waals surface area contributed by atoms with Crippen molar-refractivity contribution < 1.29 is 36.9 Å². The number of furan rings is 1. The maximum absolute atomic E-state index is 8.63. The number of benzene rings is 3. The molecule has 8 rings (SSSR count). The van der Waals surface area contributed by atoms with E-state index in [1.807, 2.05) is 30.3 Å². The zero-order valence-electron chi connectivity index (χ0n) is 32.4. The van der Waals surface area contributed by atoms with Crippen molar-refractivity contribution in [1.82, 2.24) is 15.0 Å². The third-order valence-electron chi connectivity index (χ3n) is 6.98. The van der Waals surface area contributed by atoms with Crippen LogP contribution in [-0.4, -0.2) is 15.0 Å². The van der Waals surface area contributed by atoms with E-state index in [1.165, 1.54) is 6.20 Å². The largest absolute Gasteiger partial charge is 0.486 e. The topological polar surface area (TPSA) is 51.8 Å². The summed E-state index contributed by atoms with van der Waals surface area (Å²) < 4.78 is 78.5. The minimum absolute atomic E-state index is 0. The Balaban J connectivity index is 0.000000238. The fourth-order valence-corrected chi connectivity index (χ4v) is 4.91. The van der Waals surface area contributed by atoms with Gasteiger partial charge in [-0.05, 0) is 72.7 Å². The first kappa shape index (κ1) is 20.5. The van der Waals surface area contributed by atoms with Gasteiger partial charge in [0.2, 0.25) is 5.71 Å². The minimum Gasteiger partial charge on any atom is -0.486 e. The molecule has 0 fully saturated rings. The van der Waals surface area contributed by atoms with Crippen molar-refractivity contribution in [3.8, 4) is 22.5 Å². The molecule has 0 saturated carbocycles. The molecule has 0 aliphatic heterocycles. The summed E-state index contributed by atoms with van der Waals surface area (Å²) in [7, 11) is 0. The molecule has 1 aliphatic carbocycles. The van der Waals surface area contributed by atoms with Crippen molar-refractivity contribution in [2.45, 2.75) is 38.8 Å². The molecule has 0 N–H and O–H groups in total. The monoisotopic (exact) mass is 759 g/mol. The predicted molar refractivity (Wildman–Crippen MR) is 173 cm³/mol. The molecule has 7 aromatic rings. The number of aryl methyl sites for hydroxylation is 3. The molecule has 0 saturated heterocycles. The number of hydrogen-bond acceptors (Lipinski definition) is 4. The summed E-state index contributed by atoms with van der Waals surface area (Å²) in [5, 5.41) is 1.48. The van der Waals surface area contributed by atoms with Gasteiger partial charge in [-0.3, -0.25) is 0 Å². The molecule has 0 atom stereocenters. The predicted octanol–water partition coefficient (Wildman–Crippen LogP) is 9.17. The number of pyridine rings is 3. The van der Waals surface area contributed by atoms with Gasteiger partial charge in [-0.1, -0.05) is 65.5 Å². The number of rotatable bonds is 4. The van der Waals surface area contributed by atoms with E-state index < -0.39 is 26.0 Å². The summed E-state index contributed by atoms with van der Waals surface area (Å²) >= 11 is 0. The Kier molecular flexibility index (Phi) is 6.27. The van der Waals surface area contributed by atoms with Crippen LogP contribution in [0, 0.1) is 19.0 Å². The van der Waals surface area contributed by atoms with Gasteiger partial charge in [-0.2, -0.15) is 0 Å². The first-order chi connectivity index (χ1) is 24.6. The second kappa shape index (κ2) is 13.5. The second-order valence-corrected chi connectivity index (χ2v) is 9.89. The van der Waals surface area contributed by atoms with Crippen LogP contribution >= 0.6 is 0 Å². The fraction of sp³-hybridized carbons (Fsp3) is 0.154. The van der Waals surface area contributed by atoms with Crippen molar-refractivity contribution in [1.29, 1.82) is 0 Å². The van der Waals surface area contributed by atoms with Gasteiger partial charge in [0.25, 0.3) is 0 Å². The molecule has 5 heteroatoms. The second-order valence-electron chi connectivity index (χ2n) is 9.89. The van der Waals surface area contributed by atoms with Gasteiger partial charge in [0.05, 0.1) is 5.58 Å². The summed E-state index contributed by atoms with van der Waals surface area (Å²) in [6.45, 7) is -2.09. The van der Waals surface area contributed by atoms with Gasteiger partial charge in [-0.25, -0.2) is 4.98 Å². The van der Waals surface area contributed by atoms with E-state index in [0.29, 0.717) is 22.4 Å². The first-order valence-electron chi connectivity index (χ1n) is 18.4. The van der Waals surface area contributed by atoms with Gasteiger partial charge < -0.3 is 14.4 Å². The molecule has 0 spiro atoms. The molecule has 4 aromatic heterocycles. The van der Waals surface area contributed by atoms with Crippen molar-refractivity contribution in [2.75, 3.05) is 0 Å². The van der Waals surface area contributed by atoms with Crippen molar-refractivity contribution in [2.24, 2.45) is 0 Å². The zero-order valence-corrected chi connectivity index (χ0v) is 25.8. The summed E-state index contributed by atoms with van der Waals surface area (Å²) in [5.41, 5.74) is 4.64. The Morgan fingerprint density at radius 1 is 0.818 bits per heavy atom. The Hall–Kier alpha value is -4.44. The van der Waals surface area contributed by atoms with E-state index in [4.69, 9.17) is 16.8 Å². The summed E-state index contributed by atoms with van der Waals surface area (Å²) in [6.07, 6.45) is -3.64. The smallest absolute Gasteiger partial charge is 0.216 e. The van der Waals surface area contributed by atoms with E-state index in [9.17, 15) is 0 Å². The van der Waals surface area contributed by atoms with Crippen molar-refractivity contribution in [3.05, 3.63) is 150 Å². The Bertz CT molecular complexity index is 2380. The minimum atomic E-state index is -2.09. The molecule has 3 aromatic carbocycles. The van der Waals surface area contributed by atoms with Crippen LogP contribution in [0.2, 0.25) is 0 Å². The number of fused-ring (bicyclic) bond motifs is 4. The van der Waals surface area contributed by atoms with Crippen LogP contribution in [-0.2, 0) is 39.2 Å². The molecule has 1 radical (unpaired) electrons. The molecule has 0 unspecified atom stereocenters. The van der Waals surface area contributed by atoms with Gasteiger partial charge in [-0.15, -0.1) is 54.1 Å². The summed E-state index contributed by atoms with van der Waals surface area (Å²) in [5.74, 6) is 0. The van der Waals surface area contributed by atoms with E-state index in [0.717, 1.165) is 22.0 Å². The normalized spacial score (nSPS) is 18.1. The maximum Gasteiger partial charge on any atom is 0.216 e. The van der Waals surface area contributed by atoms with Crippen LogP contribution in [0.25, 0.3) is 44.6 Å². The van der Waals surface area contributed by atoms with Crippen molar-refractivity contribution in [3.63, 3.8) is 0 Å². The Morgan fingerprint density at radius 2 is 1.68 bits per heavy atom. The molecule has 4 heterocycles. The quantitative estimate of drug-likeness (QED) is 0.168. The van der Waals surface area contributed by atoms with Crippen LogP contribution in [0.15, 0.2) is 114 Å². The Morgan fingerprint density at radius 3 is 2.50 bits per heavy atom. The van der Waals surface area contributed by atoms with E-state index in [-0.39, 0.29) is 61.2 Å². The SMILES string of the molecule is [2H]C([2H])([2H])c1ccc(-c2[c-]cccc2)nc1.[2H]C1([2H])CCC([2H])([2H])c2nc(-c3[c-]ccc4c3oc3nc(C([2H])([2H])c5ccccc5)ccc34)ccc21.[Ir]. The van der Waals surface area contributed by atoms with Gasteiger partial charge in [0.1, 0.15) is 0 Å². The van der Waals surface area contributed by atoms with Gasteiger partial charge in [0.15, 0.2) is 0 Å². The molecule has 4 nitrogen and oxygen atoms in total. The maximum atomic E-state index is 8.63. The molecular formula is C39H31IrN3O-2. The summed E-state index contributed by atoms with van der Waals surface area (Å²) in [6, 6.07) is 36.1. The fourth-order valence-electron chi connectivity index (χ4n) is 4.91. The average molecular weight is 759 g/mol. The van der Waals surface area contributed by atoms with Crippen molar-refractivity contribution >= 4 is 22.1 Å². The van der Waals surface area contributed by atoms with E-state index in [2.05, 4.69) is 27.1 Å². The van der Waals surface area contributed by atoms with E-state index in [1.54, 1.807) is 72.8 Å². The number of hydrogen-bond donors (Lipinski definition) is 0. The first-order valence-corrected chi connectivity index (χ1v) is 13.9. The number of nitrogens with zero attached hydrogens (tertiary/aromatic N) is 3. The molecule has 219 valence electrons. The molecule has 0 amide bonds. The molecule has 44 heavy (non-hydrogen) atoms. The van der Waals surface area contributed by atoms with Crippen LogP contribution in [0.5, 0.6) is 0 Å². The molecule has 1 aliphatic rings. The van der Waals surface area contributed by atoms with Gasteiger partial charge in [0, 0.05) is 61.8 Å². The summed E-state index contributed by atoms with van der Waals surface area (Å²) in [4.78, 5) is 13.2. The van der Waals surface area contributed by atoms with Crippen LogP contribution in [0.4, 0.5) is 0 Å². The third kappa shape index (κ3) is 6.40. The number of aromatic nitrogens is 3. The van der Waals surface area contributed by atoms with Crippen LogP contribution < -0.4 is 0 Å². The molecule has 0 bridgehead atoms. The third-order valence-corrected chi connectivity index (χ3v) is 6.98. The van der Waals surface area contributed by atoms with Crippen LogP contribution in [0.3, 0.4) is 0 Å². The Labute approximate surface area is 284 Å².